The van der Waals surface area contributed by atoms with Gasteiger partial charge in [0.2, 0.25) is 11.8 Å². The molecule has 19 heavy (non-hydrogen) atoms. The number of primary amides is 1. The van der Waals surface area contributed by atoms with Crippen LogP contribution in [0.15, 0.2) is 24.3 Å². The van der Waals surface area contributed by atoms with Gasteiger partial charge in [-0.1, -0.05) is 12.1 Å². The van der Waals surface area contributed by atoms with Crippen molar-refractivity contribution in [1.29, 1.82) is 0 Å². The first-order valence-corrected chi connectivity index (χ1v) is 6.47. The Balaban J connectivity index is 2.13. The first kappa shape index (κ1) is 15.0. The van der Waals surface area contributed by atoms with Crippen molar-refractivity contribution in [3.8, 4) is 0 Å². The minimum absolute atomic E-state index is 0.0153. The van der Waals surface area contributed by atoms with E-state index in [1.54, 1.807) is 0 Å². The molecule has 0 bridgehead atoms. The van der Waals surface area contributed by atoms with Gasteiger partial charge in [-0.3, -0.25) is 9.59 Å². The van der Waals surface area contributed by atoms with Crippen molar-refractivity contribution in [2.75, 3.05) is 12.3 Å². The predicted molar refractivity (Wildman–Crippen MR) is 75.2 cm³/mol. The molecule has 0 radical (unpaired) electrons. The van der Waals surface area contributed by atoms with E-state index >= 15 is 0 Å². The molecule has 104 valence electrons. The molecule has 2 amide bonds. The molecule has 0 fully saturated rings. The van der Waals surface area contributed by atoms with Crippen molar-refractivity contribution in [1.82, 2.24) is 5.32 Å². The second-order valence-corrected chi connectivity index (χ2v) is 4.52. The first-order valence-electron chi connectivity index (χ1n) is 6.47. The highest BCUT2D eigenvalue weighted by Gasteiger charge is 2.02. The molecular weight excluding hydrogens is 242 g/mol. The number of hydrogen-bond acceptors (Lipinski definition) is 3. The number of benzene rings is 1. The number of aryl methyl sites for hydroxylation is 1. The molecule has 0 saturated carbocycles. The number of carbonyl (C=O) groups is 2. The molecule has 1 aromatic carbocycles. The number of unbranched alkanes of at least 4 members (excludes halogenated alkanes) is 1. The number of hydrogen-bond donors (Lipinski definition) is 3. The van der Waals surface area contributed by atoms with Crippen molar-refractivity contribution in [3.63, 3.8) is 0 Å². The maximum Gasteiger partial charge on any atom is 0.220 e. The highest BCUT2D eigenvalue weighted by atomic mass is 16.1. The first-order chi connectivity index (χ1) is 9.08. The van der Waals surface area contributed by atoms with Crippen molar-refractivity contribution in [2.24, 2.45) is 5.73 Å². The second kappa shape index (κ2) is 8.13. The van der Waals surface area contributed by atoms with Gasteiger partial charge in [-0.15, -0.1) is 0 Å². The number of carbonyl (C=O) groups excluding carboxylic acids is 2. The molecule has 5 heteroatoms. The summed E-state index contributed by atoms with van der Waals surface area (Å²) in [7, 11) is 0. The van der Waals surface area contributed by atoms with Gasteiger partial charge in [0, 0.05) is 25.1 Å². The second-order valence-electron chi connectivity index (χ2n) is 4.52. The monoisotopic (exact) mass is 263 g/mol. The van der Waals surface area contributed by atoms with E-state index in [0.717, 1.165) is 12.0 Å². The van der Waals surface area contributed by atoms with Gasteiger partial charge < -0.3 is 16.8 Å². The summed E-state index contributed by atoms with van der Waals surface area (Å²) in [5.41, 5.74) is 12.5. The van der Waals surface area contributed by atoms with Crippen LogP contribution in [0, 0.1) is 0 Å². The number of nitrogen functional groups attached to an aromatic ring is 1. The standard InChI is InChI=1S/C14H21N3O2/c15-12-5-3-4-11(10-12)7-8-14(19)17-9-2-1-6-13(16)18/h3-5,10H,1-2,6-9,15H2,(H2,16,18)(H,17,19). The molecule has 0 aliphatic rings. The molecule has 5 nitrogen and oxygen atoms in total. The van der Waals surface area contributed by atoms with E-state index in [4.69, 9.17) is 11.5 Å². The zero-order valence-electron chi connectivity index (χ0n) is 11.0. The summed E-state index contributed by atoms with van der Waals surface area (Å²) in [6.45, 7) is 0.586. The maximum absolute atomic E-state index is 11.6. The third-order valence-corrected chi connectivity index (χ3v) is 2.76. The average molecular weight is 263 g/mol. The Morgan fingerprint density at radius 2 is 1.95 bits per heavy atom. The molecule has 0 saturated heterocycles. The Labute approximate surface area is 113 Å². The zero-order valence-corrected chi connectivity index (χ0v) is 11.0. The largest absolute Gasteiger partial charge is 0.399 e. The van der Waals surface area contributed by atoms with Crippen molar-refractivity contribution in [2.45, 2.75) is 32.1 Å². The average Bonchev–Trinajstić information content (AvgIpc) is 2.35. The Bertz CT molecular complexity index is 432. The lowest BCUT2D eigenvalue weighted by atomic mass is 10.1. The van der Waals surface area contributed by atoms with E-state index in [1.165, 1.54) is 0 Å². The van der Waals surface area contributed by atoms with Gasteiger partial charge in [0.15, 0.2) is 0 Å². The summed E-state index contributed by atoms with van der Waals surface area (Å²) in [5, 5.41) is 2.82. The van der Waals surface area contributed by atoms with Crippen LogP contribution in [0.5, 0.6) is 0 Å². The molecule has 5 N–H and O–H groups in total. The molecule has 0 aromatic heterocycles. The Hall–Kier alpha value is -2.04. The number of nitrogens with two attached hydrogens (primary N) is 2. The molecule has 0 unspecified atom stereocenters. The van der Waals surface area contributed by atoms with Crippen LogP contribution in [0.1, 0.15) is 31.2 Å². The van der Waals surface area contributed by atoms with Gasteiger partial charge in [-0.05, 0) is 37.0 Å². The zero-order chi connectivity index (χ0) is 14.1. The van der Waals surface area contributed by atoms with Gasteiger partial charge in [-0.25, -0.2) is 0 Å². The SMILES string of the molecule is NC(=O)CCCCNC(=O)CCc1cccc(N)c1. The lowest BCUT2D eigenvalue weighted by molar-refractivity contribution is -0.121. The number of anilines is 1. The van der Waals surface area contributed by atoms with Gasteiger partial charge in [-0.2, -0.15) is 0 Å². The fourth-order valence-corrected chi connectivity index (χ4v) is 1.75. The van der Waals surface area contributed by atoms with E-state index in [-0.39, 0.29) is 11.8 Å². The van der Waals surface area contributed by atoms with E-state index in [0.29, 0.717) is 37.9 Å². The van der Waals surface area contributed by atoms with Crippen LogP contribution in [-0.2, 0) is 16.0 Å². The summed E-state index contributed by atoms with van der Waals surface area (Å²) >= 11 is 0. The van der Waals surface area contributed by atoms with E-state index in [1.807, 2.05) is 24.3 Å². The maximum atomic E-state index is 11.6. The van der Waals surface area contributed by atoms with Crippen LogP contribution in [0.3, 0.4) is 0 Å². The fraction of sp³-hybridized carbons (Fsp3) is 0.429. The number of nitrogens with one attached hydrogen (secondary N) is 1. The van der Waals surface area contributed by atoms with Gasteiger partial charge in [0.05, 0.1) is 0 Å². The topological polar surface area (TPSA) is 98.2 Å². The lowest BCUT2D eigenvalue weighted by Crippen LogP contribution is -2.24. The summed E-state index contributed by atoms with van der Waals surface area (Å²) in [6, 6.07) is 7.53. The molecule has 0 aliphatic heterocycles. The highest BCUT2D eigenvalue weighted by Crippen LogP contribution is 2.08. The molecular formula is C14H21N3O2. The van der Waals surface area contributed by atoms with Crippen LogP contribution >= 0.6 is 0 Å². The van der Waals surface area contributed by atoms with E-state index in [2.05, 4.69) is 5.32 Å². The predicted octanol–water partition coefficient (Wildman–Crippen LogP) is 0.973. The van der Waals surface area contributed by atoms with Crippen LogP contribution in [0.4, 0.5) is 5.69 Å². The summed E-state index contributed by atoms with van der Waals surface area (Å²) in [5.74, 6) is -0.283. The molecule has 0 heterocycles. The van der Waals surface area contributed by atoms with E-state index < -0.39 is 0 Å². The number of rotatable bonds is 8. The quantitative estimate of drug-likeness (QED) is 0.481. The van der Waals surface area contributed by atoms with E-state index in [9.17, 15) is 9.59 Å². The van der Waals surface area contributed by atoms with Crippen LogP contribution in [-0.4, -0.2) is 18.4 Å². The van der Waals surface area contributed by atoms with Gasteiger partial charge in [0.1, 0.15) is 0 Å². The smallest absolute Gasteiger partial charge is 0.220 e. The van der Waals surface area contributed by atoms with Crippen LogP contribution in [0.25, 0.3) is 0 Å². The van der Waals surface area contributed by atoms with Crippen molar-refractivity contribution < 1.29 is 9.59 Å². The highest BCUT2D eigenvalue weighted by molar-refractivity contribution is 5.76. The third-order valence-electron chi connectivity index (χ3n) is 2.76. The summed E-state index contributed by atoms with van der Waals surface area (Å²) < 4.78 is 0. The molecule has 1 aromatic rings. The lowest BCUT2D eigenvalue weighted by Gasteiger charge is -2.05. The van der Waals surface area contributed by atoms with Crippen LogP contribution < -0.4 is 16.8 Å². The summed E-state index contributed by atoms with van der Waals surface area (Å²) in [6.07, 6.45) is 2.98. The number of amides is 2. The normalized spacial score (nSPS) is 10.1. The minimum Gasteiger partial charge on any atom is -0.399 e. The molecule has 0 spiro atoms. The Morgan fingerprint density at radius 3 is 2.63 bits per heavy atom. The van der Waals surface area contributed by atoms with Crippen molar-refractivity contribution >= 4 is 17.5 Å². The Kier molecular flexibility index (Phi) is 6.43. The van der Waals surface area contributed by atoms with Crippen molar-refractivity contribution in [3.05, 3.63) is 29.8 Å². The minimum atomic E-state index is -0.298. The van der Waals surface area contributed by atoms with Gasteiger partial charge in [0.25, 0.3) is 0 Å². The molecule has 0 aliphatic carbocycles. The van der Waals surface area contributed by atoms with Gasteiger partial charge >= 0.3 is 0 Å². The third kappa shape index (κ3) is 7.08. The summed E-state index contributed by atoms with van der Waals surface area (Å²) in [4.78, 5) is 22.1. The Morgan fingerprint density at radius 1 is 1.16 bits per heavy atom. The fourth-order valence-electron chi connectivity index (χ4n) is 1.75. The molecule has 0 atom stereocenters. The molecule has 1 rings (SSSR count). The van der Waals surface area contributed by atoms with Crippen LogP contribution in [0.2, 0.25) is 0 Å².